The summed E-state index contributed by atoms with van der Waals surface area (Å²) in [6.45, 7) is 1.74. The van der Waals surface area contributed by atoms with Crippen molar-refractivity contribution in [3.8, 4) is 0 Å². The van der Waals surface area contributed by atoms with Crippen LogP contribution in [-0.2, 0) is 10.0 Å². The normalized spacial score (nSPS) is 13.4. The fourth-order valence-electron chi connectivity index (χ4n) is 1.64. The van der Waals surface area contributed by atoms with Gasteiger partial charge in [0.05, 0.1) is 8.81 Å². The Balaban J connectivity index is 2.27. The van der Waals surface area contributed by atoms with Gasteiger partial charge in [-0.2, -0.15) is 0 Å². The number of halogens is 3. The summed E-state index contributed by atoms with van der Waals surface area (Å²) in [5.41, 5.74) is 0.722. The zero-order chi connectivity index (χ0) is 14.9. The highest BCUT2D eigenvalue weighted by molar-refractivity contribution is 9.11. The van der Waals surface area contributed by atoms with Gasteiger partial charge in [-0.1, -0.05) is 41.4 Å². The lowest BCUT2D eigenvalue weighted by atomic mass is 10.1. The minimum absolute atomic E-state index is 0.160. The number of hydrogen-bond donors (Lipinski definition) is 1. The van der Waals surface area contributed by atoms with Gasteiger partial charge in [0.15, 0.2) is 0 Å². The Morgan fingerprint density at radius 1 is 1.25 bits per heavy atom. The van der Waals surface area contributed by atoms with Gasteiger partial charge in [-0.3, -0.25) is 0 Å². The summed E-state index contributed by atoms with van der Waals surface area (Å²) in [6, 6.07) is 8.09. The van der Waals surface area contributed by atoms with Crippen LogP contribution in [-0.4, -0.2) is 8.42 Å². The summed E-state index contributed by atoms with van der Waals surface area (Å²) in [6.07, 6.45) is 0. The molecule has 2 aromatic rings. The van der Waals surface area contributed by atoms with Gasteiger partial charge in [0.1, 0.15) is 4.21 Å². The fraction of sp³-hybridized carbons (Fsp3) is 0.167. The van der Waals surface area contributed by atoms with E-state index >= 15 is 0 Å². The molecular weight excluding hydrogens is 405 g/mol. The maximum Gasteiger partial charge on any atom is 0.250 e. The molecule has 1 N–H and O–H groups in total. The lowest BCUT2D eigenvalue weighted by Crippen LogP contribution is -2.26. The largest absolute Gasteiger partial charge is 0.250 e. The molecule has 0 aliphatic carbocycles. The Morgan fingerprint density at radius 2 is 1.90 bits per heavy atom. The standard InChI is InChI=1S/C12H10BrCl2NO2S2/c1-7(8-4-2-3-5-9(8)14)16-20(17,18)11-6-10(15)12(13)19-11/h2-7,16H,1H3. The van der Waals surface area contributed by atoms with Crippen molar-refractivity contribution in [3.05, 3.63) is 49.7 Å². The van der Waals surface area contributed by atoms with E-state index in [0.717, 1.165) is 16.9 Å². The zero-order valence-corrected chi connectivity index (χ0v) is 15.0. The summed E-state index contributed by atoms with van der Waals surface area (Å²) in [5, 5.41) is 0.897. The van der Waals surface area contributed by atoms with Gasteiger partial charge in [0.2, 0.25) is 0 Å². The molecule has 1 heterocycles. The SMILES string of the molecule is CC(NS(=O)(=O)c1cc(Cl)c(Br)s1)c1ccccc1Cl. The van der Waals surface area contributed by atoms with Crippen LogP contribution in [0.25, 0.3) is 0 Å². The number of sulfonamides is 1. The average Bonchev–Trinajstić information content (AvgIpc) is 2.70. The molecule has 108 valence electrons. The van der Waals surface area contributed by atoms with Gasteiger partial charge in [-0.05, 0) is 40.5 Å². The van der Waals surface area contributed by atoms with Crippen LogP contribution >= 0.6 is 50.5 Å². The van der Waals surface area contributed by atoms with Crippen molar-refractivity contribution in [2.45, 2.75) is 17.2 Å². The molecule has 0 saturated carbocycles. The second-order valence-corrected chi connectivity index (χ2v) is 9.18. The lowest BCUT2D eigenvalue weighted by Gasteiger charge is -2.15. The second-order valence-electron chi connectivity index (χ2n) is 4.05. The molecule has 1 aromatic carbocycles. The Hall–Kier alpha value is -0.110. The first-order valence-corrected chi connectivity index (χ1v) is 9.37. The van der Waals surface area contributed by atoms with Crippen molar-refractivity contribution in [3.63, 3.8) is 0 Å². The molecule has 0 fully saturated rings. The molecule has 1 aromatic heterocycles. The minimum Gasteiger partial charge on any atom is -0.206 e. The van der Waals surface area contributed by atoms with E-state index in [1.54, 1.807) is 25.1 Å². The van der Waals surface area contributed by atoms with Crippen molar-refractivity contribution in [1.82, 2.24) is 4.72 Å². The quantitative estimate of drug-likeness (QED) is 0.776. The summed E-state index contributed by atoms with van der Waals surface area (Å²) in [7, 11) is -3.63. The van der Waals surface area contributed by atoms with Crippen LogP contribution in [0.3, 0.4) is 0 Å². The molecule has 1 atom stereocenters. The third-order valence-corrected chi connectivity index (χ3v) is 7.42. The van der Waals surface area contributed by atoms with Gasteiger partial charge in [-0.25, -0.2) is 13.1 Å². The third-order valence-electron chi connectivity index (χ3n) is 2.59. The first kappa shape index (κ1) is 16.3. The summed E-state index contributed by atoms with van der Waals surface area (Å²) in [5.74, 6) is 0. The van der Waals surface area contributed by atoms with Crippen LogP contribution in [0.5, 0.6) is 0 Å². The van der Waals surface area contributed by atoms with Crippen LogP contribution in [0.2, 0.25) is 10.0 Å². The third kappa shape index (κ3) is 3.55. The minimum atomic E-state index is -3.63. The van der Waals surface area contributed by atoms with Crippen molar-refractivity contribution in [2.24, 2.45) is 0 Å². The highest BCUT2D eigenvalue weighted by Crippen LogP contribution is 2.35. The molecular formula is C12H10BrCl2NO2S2. The van der Waals surface area contributed by atoms with Gasteiger partial charge in [0.25, 0.3) is 10.0 Å². The number of hydrogen-bond acceptors (Lipinski definition) is 3. The van der Waals surface area contributed by atoms with Crippen molar-refractivity contribution in [2.75, 3.05) is 0 Å². The van der Waals surface area contributed by atoms with Crippen molar-refractivity contribution >= 4 is 60.5 Å². The van der Waals surface area contributed by atoms with Crippen LogP contribution < -0.4 is 4.72 Å². The van der Waals surface area contributed by atoms with E-state index in [-0.39, 0.29) is 4.21 Å². The first-order chi connectivity index (χ1) is 9.31. The molecule has 0 aliphatic heterocycles. The molecule has 2 rings (SSSR count). The summed E-state index contributed by atoms with van der Waals surface area (Å²) < 4.78 is 27.9. The van der Waals surface area contributed by atoms with Gasteiger partial charge in [0, 0.05) is 11.1 Å². The zero-order valence-electron chi connectivity index (χ0n) is 10.2. The topological polar surface area (TPSA) is 46.2 Å². The van der Waals surface area contributed by atoms with Crippen LogP contribution in [0.15, 0.2) is 38.3 Å². The van der Waals surface area contributed by atoms with Gasteiger partial charge < -0.3 is 0 Å². The first-order valence-electron chi connectivity index (χ1n) is 5.53. The molecule has 0 aliphatic rings. The summed E-state index contributed by atoms with van der Waals surface area (Å²) >= 11 is 16.2. The predicted molar refractivity (Wildman–Crippen MR) is 87.2 cm³/mol. The Morgan fingerprint density at radius 3 is 2.45 bits per heavy atom. The number of rotatable bonds is 4. The molecule has 0 bridgehead atoms. The maximum absolute atomic E-state index is 12.3. The van der Waals surface area contributed by atoms with E-state index in [1.165, 1.54) is 6.07 Å². The molecule has 0 radical (unpaired) electrons. The summed E-state index contributed by atoms with van der Waals surface area (Å²) in [4.78, 5) is 0. The Labute approximate surface area is 140 Å². The number of nitrogens with one attached hydrogen (secondary N) is 1. The van der Waals surface area contributed by atoms with Crippen molar-refractivity contribution in [1.29, 1.82) is 0 Å². The van der Waals surface area contributed by atoms with Crippen LogP contribution in [0.1, 0.15) is 18.5 Å². The molecule has 20 heavy (non-hydrogen) atoms. The van der Waals surface area contributed by atoms with E-state index in [1.807, 2.05) is 6.07 Å². The molecule has 8 heteroatoms. The molecule has 3 nitrogen and oxygen atoms in total. The van der Waals surface area contributed by atoms with Crippen LogP contribution in [0.4, 0.5) is 0 Å². The predicted octanol–water partition coefficient (Wildman–Crippen LogP) is 4.86. The average molecular weight is 415 g/mol. The smallest absolute Gasteiger partial charge is 0.206 e. The maximum atomic E-state index is 12.3. The van der Waals surface area contributed by atoms with E-state index in [4.69, 9.17) is 23.2 Å². The van der Waals surface area contributed by atoms with E-state index in [2.05, 4.69) is 20.7 Å². The second kappa shape index (κ2) is 6.34. The fourth-order valence-corrected chi connectivity index (χ4v) is 5.58. The van der Waals surface area contributed by atoms with E-state index in [9.17, 15) is 8.42 Å². The van der Waals surface area contributed by atoms with E-state index in [0.29, 0.717) is 13.8 Å². The molecule has 0 amide bonds. The number of thiophene rings is 1. The molecule has 0 saturated heterocycles. The molecule has 1 unspecified atom stereocenters. The van der Waals surface area contributed by atoms with Crippen molar-refractivity contribution < 1.29 is 8.42 Å². The number of benzene rings is 1. The highest BCUT2D eigenvalue weighted by Gasteiger charge is 2.22. The molecule has 0 spiro atoms. The van der Waals surface area contributed by atoms with Gasteiger partial charge in [-0.15, -0.1) is 11.3 Å². The van der Waals surface area contributed by atoms with E-state index < -0.39 is 16.1 Å². The Kier molecular flexibility index (Phi) is 5.15. The monoisotopic (exact) mass is 413 g/mol. The van der Waals surface area contributed by atoms with Gasteiger partial charge >= 0.3 is 0 Å². The van der Waals surface area contributed by atoms with Crippen LogP contribution in [0, 0.1) is 0 Å². The highest BCUT2D eigenvalue weighted by atomic mass is 79.9. The lowest BCUT2D eigenvalue weighted by molar-refractivity contribution is 0.569. The Bertz CT molecular complexity index is 711.